The zero-order valence-electron chi connectivity index (χ0n) is 9.87. The number of aliphatic hydroxyl groups is 1. The molecule has 3 nitrogen and oxygen atoms in total. The fourth-order valence-corrected chi connectivity index (χ4v) is 2.20. The first-order valence-electron chi connectivity index (χ1n) is 5.35. The number of hydrogen-bond donors (Lipinski definition) is 2. The van der Waals surface area contributed by atoms with Crippen LogP contribution < -0.4 is 5.32 Å². The van der Waals surface area contributed by atoms with E-state index in [9.17, 15) is 5.11 Å². The van der Waals surface area contributed by atoms with Crippen LogP contribution in [0.15, 0.2) is 0 Å². The monoisotopic (exact) mass is 228 g/mol. The van der Waals surface area contributed by atoms with Gasteiger partial charge in [-0.05, 0) is 26.2 Å². The molecule has 86 valence electrons. The van der Waals surface area contributed by atoms with E-state index in [1.54, 1.807) is 11.3 Å². The number of nitrogens with one attached hydrogen (secondary N) is 1. The van der Waals surface area contributed by atoms with Crippen molar-refractivity contribution in [2.24, 2.45) is 5.92 Å². The molecule has 0 spiro atoms. The lowest BCUT2D eigenvalue weighted by Crippen LogP contribution is -2.21. The summed E-state index contributed by atoms with van der Waals surface area (Å²) < 4.78 is 0. The summed E-state index contributed by atoms with van der Waals surface area (Å²) in [6, 6.07) is 0. The van der Waals surface area contributed by atoms with Crippen LogP contribution in [-0.2, 0) is 0 Å². The molecule has 2 N–H and O–H groups in total. The molecular formula is C11H20N2OS. The quantitative estimate of drug-likeness (QED) is 0.814. The summed E-state index contributed by atoms with van der Waals surface area (Å²) >= 11 is 1.64. The Morgan fingerprint density at radius 1 is 1.40 bits per heavy atom. The Labute approximate surface area is 95.6 Å². The highest BCUT2D eigenvalue weighted by molar-refractivity contribution is 7.15. The van der Waals surface area contributed by atoms with E-state index in [4.69, 9.17) is 0 Å². The maximum Gasteiger partial charge on any atom is 0.183 e. The lowest BCUT2D eigenvalue weighted by atomic mass is 10.1. The van der Waals surface area contributed by atoms with Gasteiger partial charge in [0.2, 0.25) is 0 Å². The fraction of sp³-hybridized carbons (Fsp3) is 0.727. The van der Waals surface area contributed by atoms with Crippen LogP contribution in [0.1, 0.15) is 30.8 Å². The van der Waals surface area contributed by atoms with Gasteiger partial charge in [0, 0.05) is 11.4 Å². The Hall–Kier alpha value is -0.610. The largest absolute Gasteiger partial charge is 0.391 e. The first kappa shape index (κ1) is 12.5. The molecule has 1 aromatic rings. The second kappa shape index (κ2) is 5.47. The summed E-state index contributed by atoms with van der Waals surface area (Å²) in [7, 11) is 0. The van der Waals surface area contributed by atoms with Crippen LogP contribution in [0.25, 0.3) is 0 Å². The number of aromatic nitrogens is 1. The van der Waals surface area contributed by atoms with Crippen molar-refractivity contribution >= 4 is 16.5 Å². The Kier molecular flexibility index (Phi) is 4.54. The molecule has 1 aromatic heterocycles. The number of hydrogen-bond acceptors (Lipinski definition) is 4. The van der Waals surface area contributed by atoms with Gasteiger partial charge < -0.3 is 10.4 Å². The molecule has 0 aliphatic heterocycles. The molecule has 1 unspecified atom stereocenters. The highest BCUT2D eigenvalue weighted by atomic mass is 32.1. The molecule has 0 fully saturated rings. The van der Waals surface area contributed by atoms with Gasteiger partial charge >= 0.3 is 0 Å². The van der Waals surface area contributed by atoms with Crippen molar-refractivity contribution in [2.75, 3.05) is 11.9 Å². The molecule has 0 saturated heterocycles. The fourth-order valence-electron chi connectivity index (χ4n) is 1.38. The van der Waals surface area contributed by atoms with Gasteiger partial charge in [0.1, 0.15) is 0 Å². The number of thiazole rings is 1. The van der Waals surface area contributed by atoms with Crippen molar-refractivity contribution in [1.29, 1.82) is 0 Å². The van der Waals surface area contributed by atoms with Crippen LogP contribution in [0.4, 0.5) is 5.13 Å². The number of rotatable bonds is 5. The molecule has 1 atom stereocenters. The van der Waals surface area contributed by atoms with Crippen LogP contribution in [0.3, 0.4) is 0 Å². The predicted molar refractivity (Wildman–Crippen MR) is 65.5 cm³/mol. The minimum Gasteiger partial charge on any atom is -0.391 e. The van der Waals surface area contributed by atoms with Gasteiger partial charge in [-0.1, -0.05) is 13.8 Å². The van der Waals surface area contributed by atoms with E-state index in [0.717, 1.165) is 17.2 Å². The predicted octanol–water partition coefficient (Wildman–Crippen LogP) is 2.58. The third-order valence-electron chi connectivity index (χ3n) is 2.26. The van der Waals surface area contributed by atoms with E-state index in [1.165, 1.54) is 4.88 Å². The van der Waals surface area contributed by atoms with Crippen molar-refractivity contribution in [3.63, 3.8) is 0 Å². The zero-order valence-corrected chi connectivity index (χ0v) is 10.7. The Balaban J connectivity index is 2.36. The van der Waals surface area contributed by atoms with Crippen LogP contribution >= 0.6 is 11.3 Å². The van der Waals surface area contributed by atoms with E-state index in [0.29, 0.717) is 12.5 Å². The Bertz CT molecular complexity index is 290. The Morgan fingerprint density at radius 3 is 2.53 bits per heavy atom. The minimum atomic E-state index is -0.283. The maximum absolute atomic E-state index is 9.67. The first-order chi connectivity index (χ1) is 6.99. The van der Waals surface area contributed by atoms with Crippen LogP contribution in [0.2, 0.25) is 0 Å². The number of anilines is 1. The maximum atomic E-state index is 9.67. The third kappa shape index (κ3) is 4.18. The van der Waals surface area contributed by atoms with Crippen molar-refractivity contribution in [1.82, 2.24) is 4.98 Å². The molecular weight excluding hydrogens is 208 g/mol. The summed E-state index contributed by atoms with van der Waals surface area (Å²) in [5, 5.41) is 13.8. The minimum absolute atomic E-state index is 0.283. The highest BCUT2D eigenvalue weighted by Gasteiger charge is 2.08. The number of aliphatic hydroxyl groups excluding tert-OH is 1. The third-order valence-corrected chi connectivity index (χ3v) is 3.29. The number of nitrogens with zero attached hydrogens (tertiary/aromatic N) is 1. The van der Waals surface area contributed by atoms with Crippen molar-refractivity contribution in [3.8, 4) is 0 Å². The van der Waals surface area contributed by atoms with E-state index in [-0.39, 0.29) is 6.10 Å². The summed E-state index contributed by atoms with van der Waals surface area (Å²) in [5.41, 5.74) is 1.07. The Morgan fingerprint density at radius 2 is 2.07 bits per heavy atom. The summed E-state index contributed by atoms with van der Waals surface area (Å²) in [5.74, 6) is 0.529. The summed E-state index contributed by atoms with van der Waals surface area (Å²) in [6.07, 6.45) is 0.547. The average molecular weight is 228 g/mol. The molecule has 0 aliphatic rings. The van der Waals surface area contributed by atoms with Gasteiger partial charge in [-0.3, -0.25) is 0 Å². The molecule has 1 rings (SSSR count). The van der Waals surface area contributed by atoms with Crippen LogP contribution in [0, 0.1) is 19.8 Å². The summed E-state index contributed by atoms with van der Waals surface area (Å²) in [6.45, 7) is 8.87. The van der Waals surface area contributed by atoms with Crippen molar-refractivity contribution in [3.05, 3.63) is 10.6 Å². The summed E-state index contributed by atoms with van der Waals surface area (Å²) in [4.78, 5) is 5.59. The highest BCUT2D eigenvalue weighted by Crippen LogP contribution is 2.21. The zero-order chi connectivity index (χ0) is 11.4. The smallest absolute Gasteiger partial charge is 0.183 e. The molecule has 15 heavy (non-hydrogen) atoms. The standard InChI is InChI=1S/C11H20N2OS/c1-7(2)5-10(14)6-12-11-13-8(3)9(4)15-11/h7,10,14H,5-6H2,1-4H3,(H,12,13). The van der Waals surface area contributed by atoms with Gasteiger partial charge in [0.15, 0.2) is 5.13 Å². The van der Waals surface area contributed by atoms with E-state index < -0.39 is 0 Å². The molecule has 1 heterocycles. The van der Waals surface area contributed by atoms with Gasteiger partial charge in [0.05, 0.1) is 11.8 Å². The lowest BCUT2D eigenvalue weighted by molar-refractivity contribution is 0.161. The number of aryl methyl sites for hydroxylation is 2. The van der Waals surface area contributed by atoms with E-state index in [1.807, 2.05) is 6.92 Å². The second-order valence-corrected chi connectivity index (χ2v) is 5.53. The SMILES string of the molecule is Cc1nc(NCC(O)CC(C)C)sc1C. The van der Waals surface area contributed by atoms with Gasteiger partial charge in [-0.15, -0.1) is 11.3 Å². The van der Waals surface area contributed by atoms with E-state index >= 15 is 0 Å². The van der Waals surface area contributed by atoms with Crippen molar-refractivity contribution in [2.45, 2.75) is 40.2 Å². The van der Waals surface area contributed by atoms with Gasteiger partial charge in [-0.2, -0.15) is 0 Å². The molecule has 0 aromatic carbocycles. The molecule has 0 radical (unpaired) electrons. The molecule has 0 saturated carbocycles. The topological polar surface area (TPSA) is 45.2 Å². The van der Waals surface area contributed by atoms with Gasteiger partial charge in [0.25, 0.3) is 0 Å². The molecule has 0 bridgehead atoms. The van der Waals surface area contributed by atoms with Crippen LogP contribution in [-0.4, -0.2) is 22.7 Å². The van der Waals surface area contributed by atoms with Crippen LogP contribution in [0.5, 0.6) is 0 Å². The first-order valence-corrected chi connectivity index (χ1v) is 6.16. The second-order valence-electron chi connectivity index (χ2n) is 4.32. The molecule has 0 amide bonds. The van der Waals surface area contributed by atoms with Gasteiger partial charge in [-0.25, -0.2) is 4.98 Å². The average Bonchev–Trinajstić information content (AvgIpc) is 2.42. The lowest BCUT2D eigenvalue weighted by Gasteiger charge is -2.12. The van der Waals surface area contributed by atoms with Crippen molar-refractivity contribution < 1.29 is 5.11 Å². The van der Waals surface area contributed by atoms with E-state index in [2.05, 4.69) is 31.1 Å². The molecule has 0 aliphatic carbocycles. The normalized spacial score (nSPS) is 13.2. The molecule has 4 heteroatoms.